The molecule has 3 heterocycles. The molecule has 116 valence electrons. The van der Waals surface area contributed by atoms with Gasteiger partial charge in [-0.05, 0) is 12.5 Å². The van der Waals surface area contributed by atoms with Crippen molar-refractivity contribution in [3.63, 3.8) is 0 Å². The third-order valence-electron chi connectivity index (χ3n) is 4.42. The molecule has 2 aliphatic rings. The fraction of sp³-hybridized carbons (Fsp3) is 0.667. The number of carbonyl (C=O) groups excluding carboxylic acids is 1. The molecule has 2 fully saturated rings. The van der Waals surface area contributed by atoms with Crippen LogP contribution in [0.4, 0.5) is 0 Å². The third-order valence-corrected chi connectivity index (χ3v) is 4.63. The van der Waals surface area contributed by atoms with Crippen molar-refractivity contribution in [2.24, 2.45) is 0 Å². The van der Waals surface area contributed by atoms with Gasteiger partial charge in [-0.3, -0.25) is 9.69 Å². The number of hydrogen-bond acceptors (Lipinski definition) is 3. The van der Waals surface area contributed by atoms with E-state index in [4.69, 9.17) is 11.6 Å². The summed E-state index contributed by atoms with van der Waals surface area (Å²) in [7, 11) is 0. The number of aryl methyl sites for hydroxylation is 1. The lowest BCUT2D eigenvalue weighted by molar-refractivity contribution is 0.0493. The summed E-state index contributed by atoms with van der Waals surface area (Å²) in [6.45, 7) is 8.68. The number of rotatable bonds is 4. The zero-order valence-electron chi connectivity index (χ0n) is 12.5. The Morgan fingerprint density at radius 2 is 2.05 bits per heavy atom. The number of piperazine rings is 1. The quantitative estimate of drug-likeness (QED) is 0.911. The Hall–Kier alpha value is -1.04. The standard InChI is InChI=1S/C15H23ClN4O/c1-2-3-20-11-12(16)8-14(20)15(21)19-6-4-18(5-7-19)13-9-17-10-13/h8,11,13,17H,2-7,9-10H2,1H3. The first-order chi connectivity index (χ1) is 10.2. The summed E-state index contributed by atoms with van der Waals surface area (Å²) in [5.41, 5.74) is 0.723. The van der Waals surface area contributed by atoms with Crippen LogP contribution in [-0.4, -0.2) is 65.6 Å². The van der Waals surface area contributed by atoms with E-state index in [2.05, 4.69) is 17.1 Å². The van der Waals surface area contributed by atoms with Crippen LogP contribution in [0.1, 0.15) is 23.8 Å². The minimum atomic E-state index is 0.113. The van der Waals surface area contributed by atoms with Crippen molar-refractivity contribution in [3.8, 4) is 0 Å². The molecule has 2 aliphatic heterocycles. The Balaban J connectivity index is 1.63. The first kappa shape index (κ1) is 14.9. The van der Waals surface area contributed by atoms with E-state index in [1.54, 1.807) is 6.07 Å². The molecule has 0 bridgehead atoms. The maximum Gasteiger partial charge on any atom is 0.270 e. The predicted molar refractivity (Wildman–Crippen MR) is 83.9 cm³/mol. The maximum absolute atomic E-state index is 12.7. The lowest BCUT2D eigenvalue weighted by atomic mass is 10.1. The number of amides is 1. The van der Waals surface area contributed by atoms with Crippen LogP contribution >= 0.6 is 11.6 Å². The monoisotopic (exact) mass is 310 g/mol. The summed E-state index contributed by atoms with van der Waals surface area (Å²) >= 11 is 6.07. The lowest BCUT2D eigenvalue weighted by Gasteiger charge is -2.43. The van der Waals surface area contributed by atoms with Gasteiger partial charge in [0.05, 0.1) is 5.02 Å². The highest BCUT2D eigenvalue weighted by atomic mass is 35.5. The molecule has 0 atom stereocenters. The average Bonchev–Trinajstić information content (AvgIpc) is 2.78. The number of nitrogens with one attached hydrogen (secondary N) is 1. The summed E-state index contributed by atoms with van der Waals surface area (Å²) in [4.78, 5) is 17.1. The molecule has 21 heavy (non-hydrogen) atoms. The molecule has 2 saturated heterocycles. The van der Waals surface area contributed by atoms with E-state index in [1.807, 2.05) is 15.7 Å². The van der Waals surface area contributed by atoms with E-state index < -0.39 is 0 Å². The van der Waals surface area contributed by atoms with Crippen LogP contribution in [0.2, 0.25) is 5.02 Å². The van der Waals surface area contributed by atoms with Gasteiger partial charge in [0.2, 0.25) is 0 Å². The molecule has 1 aromatic heterocycles. The molecule has 0 saturated carbocycles. The number of halogens is 1. The van der Waals surface area contributed by atoms with Crippen LogP contribution in [0, 0.1) is 0 Å². The molecule has 1 amide bonds. The molecule has 0 aliphatic carbocycles. The van der Waals surface area contributed by atoms with Gasteiger partial charge in [-0.2, -0.15) is 0 Å². The Morgan fingerprint density at radius 1 is 1.33 bits per heavy atom. The summed E-state index contributed by atoms with van der Waals surface area (Å²) in [5, 5.41) is 3.95. The lowest BCUT2D eigenvalue weighted by Crippen LogP contribution is -2.62. The van der Waals surface area contributed by atoms with E-state index in [0.717, 1.165) is 57.9 Å². The topological polar surface area (TPSA) is 40.5 Å². The summed E-state index contributed by atoms with van der Waals surface area (Å²) in [6.07, 6.45) is 2.85. The second kappa shape index (κ2) is 6.38. The zero-order chi connectivity index (χ0) is 14.8. The van der Waals surface area contributed by atoms with E-state index in [-0.39, 0.29) is 5.91 Å². The SMILES string of the molecule is CCCn1cc(Cl)cc1C(=O)N1CCN(C2CNC2)CC1. The van der Waals surface area contributed by atoms with Gasteiger partial charge in [0.1, 0.15) is 5.69 Å². The van der Waals surface area contributed by atoms with Crippen LogP contribution in [0.5, 0.6) is 0 Å². The Kier molecular flexibility index (Phi) is 4.52. The largest absolute Gasteiger partial charge is 0.342 e. The summed E-state index contributed by atoms with van der Waals surface area (Å²) in [5.74, 6) is 0.113. The first-order valence-corrected chi connectivity index (χ1v) is 8.16. The minimum absolute atomic E-state index is 0.113. The Bertz CT molecular complexity index is 504. The highest BCUT2D eigenvalue weighted by molar-refractivity contribution is 6.31. The maximum atomic E-state index is 12.7. The van der Waals surface area contributed by atoms with E-state index in [1.165, 1.54) is 0 Å². The van der Waals surface area contributed by atoms with Gasteiger partial charge in [0.25, 0.3) is 5.91 Å². The van der Waals surface area contributed by atoms with Gasteiger partial charge in [0, 0.05) is 58.1 Å². The Labute approximate surface area is 130 Å². The van der Waals surface area contributed by atoms with Crippen LogP contribution in [0.25, 0.3) is 0 Å². The fourth-order valence-electron chi connectivity index (χ4n) is 3.06. The first-order valence-electron chi connectivity index (χ1n) is 7.78. The molecule has 6 heteroatoms. The van der Waals surface area contributed by atoms with Gasteiger partial charge in [-0.15, -0.1) is 0 Å². The smallest absolute Gasteiger partial charge is 0.270 e. The van der Waals surface area contributed by atoms with Crippen molar-refractivity contribution in [3.05, 3.63) is 23.0 Å². The molecule has 0 unspecified atom stereocenters. The Morgan fingerprint density at radius 3 is 2.62 bits per heavy atom. The van der Waals surface area contributed by atoms with Crippen LogP contribution in [0.15, 0.2) is 12.3 Å². The van der Waals surface area contributed by atoms with Gasteiger partial charge in [-0.25, -0.2) is 0 Å². The van der Waals surface area contributed by atoms with Crippen LogP contribution in [-0.2, 0) is 6.54 Å². The normalized spacial score (nSPS) is 20.6. The van der Waals surface area contributed by atoms with Crippen LogP contribution < -0.4 is 5.32 Å². The molecule has 1 N–H and O–H groups in total. The van der Waals surface area contributed by atoms with Crippen molar-refractivity contribution in [2.75, 3.05) is 39.3 Å². The van der Waals surface area contributed by atoms with Crippen molar-refractivity contribution in [2.45, 2.75) is 25.9 Å². The minimum Gasteiger partial charge on any atom is -0.342 e. The van der Waals surface area contributed by atoms with E-state index >= 15 is 0 Å². The molecule has 1 aromatic rings. The van der Waals surface area contributed by atoms with Crippen molar-refractivity contribution in [1.82, 2.24) is 19.7 Å². The van der Waals surface area contributed by atoms with Crippen molar-refractivity contribution in [1.29, 1.82) is 0 Å². The highest BCUT2D eigenvalue weighted by Gasteiger charge is 2.30. The van der Waals surface area contributed by atoms with E-state index in [9.17, 15) is 4.79 Å². The number of hydrogen-bond donors (Lipinski definition) is 1. The van der Waals surface area contributed by atoms with Crippen molar-refractivity contribution >= 4 is 17.5 Å². The number of aromatic nitrogens is 1. The molecule has 0 radical (unpaired) electrons. The molecule has 5 nitrogen and oxygen atoms in total. The van der Waals surface area contributed by atoms with Gasteiger partial charge < -0.3 is 14.8 Å². The predicted octanol–water partition coefficient (Wildman–Crippen LogP) is 1.28. The second-order valence-corrected chi connectivity index (χ2v) is 6.31. The zero-order valence-corrected chi connectivity index (χ0v) is 13.3. The van der Waals surface area contributed by atoms with Gasteiger partial charge in [-0.1, -0.05) is 18.5 Å². The summed E-state index contributed by atoms with van der Waals surface area (Å²) in [6, 6.07) is 2.46. The average molecular weight is 311 g/mol. The highest BCUT2D eigenvalue weighted by Crippen LogP contribution is 2.18. The van der Waals surface area contributed by atoms with Crippen LogP contribution in [0.3, 0.4) is 0 Å². The molecule has 0 aromatic carbocycles. The van der Waals surface area contributed by atoms with E-state index in [0.29, 0.717) is 11.1 Å². The molecular formula is C15H23ClN4O. The summed E-state index contributed by atoms with van der Waals surface area (Å²) < 4.78 is 1.98. The van der Waals surface area contributed by atoms with Gasteiger partial charge in [0.15, 0.2) is 0 Å². The van der Waals surface area contributed by atoms with Gasteiger partial charge >= 0.3 is 0 Å². The second-order valence-electron chi connectivity index (χ2n) is 5.88. The molecular weight excluding hydrogens is 288 g/mol. The molecule has 0 spiro atoms. The van der Waals surface area contributed by atoms with Crippen molar-refractivity contribution < 1.29 is 4.79 Å². The number of carbonyl (C=O) groups is 1. The fourth-order valence-corrected chi connectivity index (χ4v) is 3.28. The number of nitrogens with zero attached hydrogens (tertiary/aromatic N) is 3. The molecule has 3 rings (SSSR count). The third kappa shape index (κ3) is 3.10.